The molecule has 1 fully saturated rings. The Kier molecular flexibility index (Phi) is 5.68. The van der Waals surface area contributed by atoms with E-state index in [0.717, 1.165) is 48.7 Å². The van der Waals surface area contributed by atoms with Gasteiger partial charge in [0.15, 0.2) is 23.2 Å². The van der Waals surface area contributed by atoms with Crippen molar-refractivity contribution in [3.63, 3.8) is 0 Å². The van der Waals surface area contributed by atoms with Crippen LogP contribution in [0.3, 0.4) is 0 Å². The first-order chi connectivity index (χ1) is 14.8. The van der Waals surface area contributed by atoms with Crippen LogP contribution in [0.25, 0.3) is 0 Å². The molecule has 7 nitrogen and oxygen atoms in total. The summed E-state index contributed by atoms with van der Waals surface area (Å²) in [7, 11) is 3.08. The number of methoxy groups -OCH3 is 1. The molecular formula is C22H26F2N4O3. The van der Waals surface area contributed by atoms with Crippen molar-refractivity contribution in [2.24, 2.45) is 11.8 Å². The molecule has 1 aromatic heterocycles. The number of likely N-dealkylation sites (N-methyl/N-ethyl adjacent to an activating group) is 1. The minimum atomic E-state index is -0.778. The van der Waals surface area contributed by atoms with Crippen molar-refractivity contribution >= 4 is 17.4 Å². The number of aromatic nitrogens is 2. The number of fused-ring (bicyclic) bond motifs is 1. The molecule has 9 heteroatoms. The Hall–Kier alpha value is -2.97. The van der Waals surface area contributed by atoms with Crippen LogP contribution >= 0.6 is 0 Å². The molecule has 0 unspecified atom stereocenters. The lowest BCUT2D eigenvalue weighted by Crippen LogP contribution is -2.45. The fraction of sp³-hybridized carbons (Fsp3) is 0.500. The van der Waals surface area contributed by atoms with Crippen LogP contribution < -0.4 is 19.7 Å². The van der Waals surface area contributed by atoms with Crippen LogP contribution in [0.1, 0.15) is 31.3 Å². The Morgan fingerprint density at radius 2 is 1.87 bits per heavy atom. The topological polar surface area (TPSA) is 76.6 Å². The molecule has 1 aliphatic heterocycles. The van der Waals surface area contributed by atoms with Gasteiger partial charge in [-0.25, -0.2) is 18.7 Å². The van der Waals surface area contributed by atoms with E-state index in [1.54, 1.807) is 0 Å². The van der Waals surface area contributed by atoms with E-state index in [2.05, 4.69) is 20.0 Å². The predicted octanol–water partition coefficient (Wildman–Crippen LogP) is 3.50. The number of aryl methyl sites for hydroxylation is 1. The van der Waals surface area contributed by atoms with E-state index in [4.69, 9.17) is 4.74 Å². The molecule has 1 saturated carbocycles. The fourth-order valence-corrected chi connectivity index (χ4v) is 4.16. The van der Waals surface area contributed by atoms with E-state index in [1.165, 1.54) is 7.11 Å². The fourth-order valence-electron chi connectivity index (χ4n) is 4.16. The Morgan fingerprint density at radius 1 is 1.19 bits per heavy atom. The van der Waals surface area contributed by atoms with Gasteiger partial charge in [0, 0.05) is 25.6 Å². The summed E-state index contributed by atoms with van der Waals surface area (Å²) in [6, 6.07) is 1.99. The van der Waals surface area contributed by atoms with E-state index in [0.29, 0.717) is 24.1 Å². The maximum atomic E-state index is 13.8. The summed E-state index contributed by atoms with van der Waals surface area (Å²) in [5.41, 5.74) is 1.43. The van der Waals surface area contributed by atoms with E-state index in [-0.39, 0.29) is 17.7 Å². The van der Waals surface area contributed by atoms with Gasteiger partial charge in [-0.05, 0) is 38.5 Å². The Balaban J connectivity index is 1.33. The molecule has 1 N–H and O–H groups in total. The summed E-state index contributed by atoms with van der Waals surface area (Å²) in [6.45, 7) is 4.11. The first-order valence-electron chi connectivity index (χ1n) is 10.3. The van der Waals surface area contributed by atoms with Gasteiger partial charge in [0.05, 0.1) is 19.4 Å². The summed E-state index contributed by atoms with van der Waals surface area (Å²) in [5.74, 6) is 0.387. The van der Waals surface area contributed by atoms with E-state index >= 15 is 0 Å². The molecule has 31 heavy (non-hydrogen) atoms. The lowest BCUT2D eigenvalue weighted by atomic mass is 9.73. The molecule has 0 saturated heterocycles. The summed E-state index contributed by atoms with van der Waals surface area (Å²) >= 11 is 0. The zero-order valence-electron chi connectivity index (χ0n) is 18.0. The zero-order chi connectivity index (χ0) is 22.3. The maximum Gasteiger partial charge on any atom is 0.246 e. The molecule has 1 aliphatic carbocycles. The molecule has 1 atom stereocenters. The highest BCUT2D eigenvalue weighted by Gasteiger charge is 2.33. The number of anilines is 2. The molecule has 1 aromatic carbocycles. The second kappa shape index (κ2) is 8.28. The second-order valence-corrected chi connectivity index (χ2v) is 8.34. The van der Waals surface area contributed by atoms with Crippen molar-refractivity contribution < 1.29 is 23.0 Å². The number of hydrogen-bond acceptors (Lipinski definition) is 6. The molecule has 2 aromatic rings. The number of ether oxygens (including phenoxy) is 2. The minimum Gasteiger partial charge on any atom is -0.493 e. The zero-order valence-corrected chi connectivity index (χ0v) is 18.0. The highest BCUT2D eigenvalue weighted by molar-refractivity contribution is 6.02. The van der Waals surface area contributed by atoms with Gasteiger partial charge in [-0.15, -0.1) is 0 Å². The van der Waals surface area contributed by atoms with Gasteiger partial charge in [0.1, 0.15) is 23.3 Å². The normalized spacial score (nSPS) is 22.5. The number of halogens is 2. The molecule has 0 bridgehead atoms. The number of benzene rings is 1. The number of amides is 1. The summed E-state index contributed by atoms with van der Waals surface area (Å²) in [4.78, 5) is 23.2. The summed E-state index contributed by atoms with van der Waals surface area (Å²) in [5, 5.41) is 2.89. The molecule has 0 radical (unpaired) electrons. The number of carbonyl (C=O) groups is 1. The van der Waals surface area contributed by atoms with Crippen LogP contribution in [0.15, 0.2) is 12.1 Å². The van der Waals surface area contributed by atoms with E-state index in [9.17, 15) is 13.6 Å². The van der Waals surface area contributed by atoms with Crippen LogP contribution in [-0.4, -0.2) is 42.7 Å². The van der Waals surface area contributed by atoms with Crippen molar-refractivity contribution in [1.82, 2.24) is 9.97 Å². The van der Waals surface area contributed by atoms with Crippen LogP contribution in [0.5, 0.6) is 11.5 Å². The molecular weight excluding hydrogens is 406 g/mol. The molecule has 2 aliphatic rings. The molecule has 0 spiro atoms. The van der Waals surface area contributed by atoms with Gasteiger partial charge < -0.3 is 19.7 Å². The number of nitrogens with zero attached hydrogens (tertiary/aromatic N) is 3. The van der Waals surface area contributed by atoms with Crippen molar-refractivity contribution in [3.05, 3.63) is 35.3 Å². The lowest BCUT2D eigenvalue weighted by Gasteiger charge is -2.36. The maximum absolute atomic E-state index is 13.8. The number of carbonyl (C=O) groups excluding carboxylic acids is 1. The number of rotatable bonds is 6. The van der Waals surface area contributed by atoms with Crippen LogP contribution in [0, 0.1) is 30.4 Å². The van der Waals surface area contributed by atoms with Gasteiger partial charge in [0.2, 0.25) is 5.91 Å². The van der Waals surface area contributed by atoms with Crippen molar-refractivity contribution in [2.45, 2.75) is 39.2 Å². The second-order valence-electron chi connectivity index (χ2n) is 8.34. The SMILES string of the molecule is COc1c(F)cc(OCC2CC(Cc3nc(C)c4c(n3)N(C)[C@@H](C)C(=O)N4)C2)cc1F. The average molecular weight is 432 g/mol. The Bertz CT molecular complexity index is 987. The first-order valence-corrected chi connectivity index (χ1v) is 10.3. The Morgan fingerprint density at radius 3 is 2.52 bits per heavy atom. The van der Waals surface area contributed by atoms with Crippen LogP contribution in [-0.2, 0) is 11.2 Å². The smallest absolute Gasteiger partial charge is 0.246 e. The number of hydrogen-bond donors (Lipinski definition) is 1. The van der Waals surface area contributed by atoms with Crippen molar-refractivity contribution in [2.75, 3.05) is 31.0 Å². The number of nitrogens with one attached hydrogen (secondary N) is 1. The lowest BCUT2D eigenvalue weighted by molar-refractivity contribution is -0.117. The largest absolute Gasteiger partial charge is 0.493 e. The highest BCUT2D eigenvalue weighted by Crippen LogP contribution is 2.38. The summed E-state index contributed by atoms with van der Waals surface area (Å²) in [6.07, 6.45) is 2.61. The minimum absolute atomic E-state index is 0.0621. The standard InChI is InChI=1S/C22H26F2N4O3/c1-11-19-21(28(3)12(2)22(29)27-19)26-18(25-11)7-13-5-14(6-13)10-31-15-8-16(23)20(30-4)17(24)9-15/h8-9,12-14H,5-7,10H2,1-4H3,(H,27,29)/t12-,13?,14?/m0/s1. The molecule has 166 valence electrons. The molecule has 2 heterocycles. The van der Waals surface area contributed by atoms with Gasteiger partial charge in [0.25, 0.3) is 0 Å². The van der Waals surface area contributed by atoms with Crippen molar-refractivity contribution in [1.29, 1.82) is 0 Å². The quantitative estimate of drug-likeness (QED) is 0.753. The first kappa shape index (κ1) is 21.3. The van der Waals surface area contributed by atoms with Gasteiger partial charge in [-0.2, -0.15) is 0 Å². The van der Waals surface area contributed by atoms with E-state index in [1.807, 2.05) is 25.8 Å². The third kappa shape index (κ3) is 4.13. The van der Waals surface area contributed by atoms with Crippen molar-refractivity contribution in [3.8, 4) is 11.5 Å². The predicted molar refractivity (Wildman–Crippen MR) is 112 cm³/mol. The Labute approximate surface area is 179 Å². The monoisotopic (exact) mass is 432 g/mol. The van der Waals surface area contributed by atoms with Gasteiger partial charge in [-0.3, -0.25) is 4.79 Å². The van der Waals surface area contributed by atoms with Gasteiger partial charge in [-0.1, -0.05) is 0 Å². The van der Waals surface area contributed by atoms with Gasteiger partial charge >= 0.3 is 0 Å². The molecule has 1 amide bonds. The third-order valence-corrected chi connectivity index (χ3v) is 6.13. The third-order valence-electron chi connectivity index (χ3n) is 6.13. The molecule has 4 rings (SSSR count). The summed E-state index contributed by atoms with van der Waals surface area (Å²) < 4.78 is 37.8. The highest BCUT2D eigenvalue weighted by atomic mass is 19.1. The van der Waals surface area contributed by atoms with Crippen LogP contribution in [0.4, 0.5) is 20.3 Å². The van der Waals surface area contributed by atoms with Crippen LogP contribution in [0.2, 0.25) is 0 Å². The van der Waals surface area contributed by atoms with E-state index < -0.39 is 17.4 Å². The average Bonchev–Trinajstić information content (AvgIpc) is 2.68.